The Morgan fingerprint density at radius 1 is 1.33 bits per heavy atom. The number of hydrogen-bond acceptors (Lipinski definition) is 5. The molecule has 2 N–H and O–H groups in total. The molecule has 3 heterocycles. The number of sulfonamides is 1. The maximum Gasteiger partial charge on any atom is 0.250 e. The molecule has 1 aromatic rings. The second-order valence-electron chi connectivity index (χ2n) is 6.21. The van der Waals surface area contributed by atoms with E-state index in [4.69, 9.17) is 0 Å². The van der Waals surface area contributed by atoms with Gasteiger partial charge in [0.25, 0.3) is 0 Å². The van der Waals surface area contributed by atoms with Crippen LogP contribution < -0.4 is 10.0 Å². The van der Waals surface area contributed by atoms with E-state index in [1.54, 1.807) is 17.5 Å². The lowest BCUT2D eigenvalue weighted by atomic mass is 10.0. The van der Waals surface area contributed by atoms with Crippen LogP contribution in [0, 0.1) is 0 Å². The zero-order chi connectivity index (χ0) is 16.3. The van der Waals surface area contributed by atoms with Crippen molar-refractivity contribution in [2.45, 2.75) is 48.4 Å². The average Bonchev–Trinajstić information content (AvgIpc) is 3.21. The van der Waals surface area contributed by atoms with Crippen LogP contribution in [0.5, 0.6) is 0 Å². The number of likely N-dealkylation sites (tertiary alicyclic amines) is 1. The summed E-state index contributed by atoms with van der Waals surface area (Å²) in [4.78, 5) is 14.2. The fourth-order valence-corrected chi connectivity index (χ4v) is 5.53. The zero-order valence-electron chi connectivity index (χ0n) is 13.4. The molecule has 3 rings (SSSR count). The van der Waals surface area contributed by atoms with E-state index in [-0.39, 0.29) is 24.4 Å². The fourth-order valence-electron chi connectivity index (χ4n) is 3.21. The number of piperidine rings is 1. The molecule has 0 bridgehead atoms. The molecule has 0 aliphatic carbocycles. The van der Waals surface area contributed by atoms with Crippen molar-refractivity contribution in [2.24, 2.45) is 0 Å². The van der Waals surface area contributed by atoms with Gasteiger partial charge < -0.3 is 10.2 Å². The summed E-state index contributed by atoms with van der Waals surface area (Å²) in [5, 5.41) is 5.10. The minimum absolute atomic E-state index is 0. The van der Waals surface area contributed by atoms with Crippen LogP contribution in [0.3, 0.4) is 0 Å². The minimum atomic E-state index is -3.42. The Morgan fingerprint density at radius 2 is 2.08 bits per heavy atom. The van der Waals surface area contributed by atoms with Crippen molar-refractivity contribution in [1.82, 2.24) is 14.9 Å². The summed E-state index contributed by atoms with van der Waals surface area (Å²) >= 11 is 1.22. The van der Waals surface area contributed by atoms with E-state index >= 15 is 0 Å². The van der Waals surface area contributed by atoms with Crippen LogP contribution in [0.25, 0.3) is 0 Å². The van der Waals surface area contributed by atoms with E-state index in [1.165, 1.54) is 11.3 Å². The number of carbonyl (C=O) groups excluding carboxylic acids is 1. The highest BCUT2D eigenvalue weighted by atomic mass is 35.5. The molecule has 1 atom stereocenters. The van der Waals surface area contributed by atoms with E-state index in [9.17, 15) is 13.2 Å². The highest BCUT2D eigenvalue weighted by Gasteiger charge is 2.28. The van der Waals surface area contributed by atoms with E-state index in [1.807, 2.05) is 4.90 Å². The number of nitrogens with zero attached hydrogens (tertiary/aromatic N) is 1. The molecule has 2 aliphatic heterocycles. The molecule has 2 saturated heterocycles. The highest BCUT2D eigenvalue weighted by molar-refractivity contribution is 7.91. The first kappa shape index (κ1) is 19.7. The number of amides is 1. The summed E-state index contributed by atoms with van der Waals surface area (Å²) in [6.45, 7) is 2.26. The van der Waals surface area contributed by atoms with Crippen LogP contribution in [-0.4, -0.2) is 50.9 Å². The molecule has 2 fully saturated rings. The van der Waals surface area contributed by atoms with E-state index in [0.717, 1.165) is 19.4 Å². The van der Waals surface area contributed by atoms with E-state index < -0.39 is 10.0 Å². The van der Waals surface area contributed by atoms with Gasteiger partial charge in [0, 0.05) is 31.6 Å². The number of carbonyl (C=O) groups is 1. The number of thiophene rings is 1. The van der Waals surface area contributed by atoms with Crippen molar-refractivity contribution in [3.05, 3.63) is 17.5 Å². The third-order valence-electron chi connectivity index (χ3n) is 4.51. The Kier molecular flexibility index (Phi) is 7.06. The second-order valence-corrected chi connectivity index (χ2v) is 9.09. The second kappa shape index (κ2) is 8.62. The van der Waals surface area contributed by atoms with Gasteiger partial charge in [0.15, 0.2) is 0 Å². The SMILES string of the molecule is Cl.O=C(CC1CCCN1)N1CCC(NS(=O)(=O)c2cccs2)CC1. The molecular formula is C15H24ClN3O3S2. The van der Waals surface area contributed by atoms with Gasteiger partial charge in [-0.2, -0.15) is 0 Å². The Balaban J connectivity index is 0.00000208. The van der Waals surface area contributed by atoms with Crippen molar-refractivity contribution in [2.75, 3.05) is 19.6 Å². The van der Waals surface area contributed by atoms with Gasteiger partial charge in [0.1, 0.15) is 4.21 Å². The first-order valence-electron chi connectivity index (χ1n) is 8.11. The normalized spacial score (nSPS) is 22.3. The molecule has 136 valence electrons. The Bertz CT molecular complexity index is 622. The summed E-state index contributed by atoms with van der Waals surface area (Å²) in [6, 6.07) is 3.57. The largest absolute Gasteiger partial charge is 0.343 e. The van der Waals surface area contributed by atoms with Crippen LogP contribution >= 0.6 is 23.7 Å². The third kappa shape index (κ3) is 4.92. The number of hydrogen-bond donors (Lipinski definition) is 2. The van der Waals surface area contributed by atoms with Crippen LogP contribution in [0.2, 0.25) is 0 Å². The van der Waals surface area contributed by atoms with Gasteiger partial charge in [-0.15, -0.1) is 23.7 Å². The van der Waals surface area contributed by atoms with Crippen molar-refractivity contribution in [3.8, 4) is 0 Å². The zero-order valence-corrected chi connectivity index (χ0v) is 15.9. The predicted molar refractivity (Wildman–Crippen MR) is 97.1 cm³/mol. The number of rotatable bonds is 5. The maximum absolute atomic E-state index is 12.3. The van der Waals surface area contributed by atoms with Crippen LogP contribution in [0.4, 0.5) is 0 Å². The molecule has 1 amide bonds. The van der Waals surface area contributed by atoms with Gasteiger partial charge in [0.2, 0.25) is 15.9 Å². The molecule has 24 heavy (non-hydrogen) atoms. The summed E-state index contributed by atoms with van der Waals surface area (Å²) in [7, 11) is -3.42. The summed E-state index contributed by atoms with van der Waals surface area (Å²) < 4.78 is 27.5. The molecule has 1 unspecified atom stereocenters. The fraction of sp³-hybridized carbons (Fsp3) is 0.667. The Hall–Kier alpha value is -0.670. The van der Waals surface area contributed by atoms with Crippen molar-refractivity contribution < 1.29 is 13.2 Å². The minimum Gasteiger partial charge on any atom is -0.343 e. The molecule has 6 nitrogen and oxygen atoms in total. The quantitative estimate of drug-likeness (QED) is 0.796. The lowest BCUT2D eigenvalue weighted by Crippen LogP contribution is -2.47. The van der Waals surface area contributed by atoms with Crippen LogP contribution in [-0.2, 0) is 14.8 Å². The maximum atomic E-state index is 12.3. The first-order valence-corrected chi connectivity index (χ1v) is 10.5. The highest BCUT2D eigenvalue weighted by Crippen LogP contribution is 2.19. The summed E-state index contributed by atoms with van der Waals surface area (Å²) in [5.74, 6) is 0.184. The van der Waals surface area contributed by atoms with Crippen molar-refractivity contribution >= 4 is 39.7 Å². The third-order valence-corrected chi connectivity index (χ3v) is 7.43. The van der Waals surface area contributed by atoms with Gasteiger partial charge in [-0.1, -0.05) is 6.07 Å². The number of halogens is 1. The molecule has 2 aliphatic rings. The smallest absolute Gasteiger partial charge is 0.250 e. The number of nitrogens with one attached hydrogen (secondary N) is 2. The topological polar surface area (TPSA) is 78.5 Å². The van der Waals surface area contributed by atoms with E-state index in [2.05, 4.69) is 10.0 Å². The van der Waals surface area contributed by atoms with Crippen LogP contribution in [0.1, 0.15) is 32.1 Å². The standard InChI is InChI=1S/C15H23N3O3S2.ClH/c19-14(11-13-3-1-7-16-13)18-8-5-12(6-9-18)17-23(20,21)15-4-2-10-22-15;/h2,4,10,12-13,16-17H,1,3,5-9,11H2;1H. The van der Waals surface area contributed by atoms with Gasteiger partial charge in [0.05, 0.1) is 0 Å². The van der Waals surface area contributed by atoms with Gasteiger partial charge in [-0.05, 0) is 43.7 Å². The Morgan fingerprint density at radius 3 is 2.67 bits per heavy atom. The Labute approximate surface area is 153 Å². The summed E-state index contributed by atoms with van der Waals surface area (Å²) in [5.41, 5.74) is 0. The summed E-state index contributed by atoms with van der Waals surface area (Å²) in [6.07, 6.45) is 4.13. The van der Waals surface area contributed by atoms with Crippen molar-refractivity contribution in [3.63, 3.8) is 0 Å². The average molecular weight is 394 g/mol. The first-order chi connectivity index (χ1) is 11.0. The molecule has 0 saturated carbocycles. The molecule has 1 aromatic heterocycles. The molecule has 0 spiro atoms. The van der Waals surface area contributed by atoms with Crippen molar-refractivity contribution in [1.29, 1.82) is 0 Å². The predicted octanol–water partition coefficient (Wildman–Crippen LogP) is 1.58. The van der Waals surface area contributed by atoms with Crippen LogP contribution in [0.15, 0.2) is 21.7 Å². The van der Waals surface area contributed by atoms with Gasteiger partial charge in [-0.3, -0.25) is 4.79 Å². The molecular weight excluding hydrogens is 370 g/mol. The lowest BCUT2D eigenvalue weighted by molar-refractivity contribution is -0.132. The molecule has 9 heteroatoms. The molecule has 0 radical (unpaired) electrons. The van der Waals surface area contributed by atoms with Gasteiger partial charge >= 0.3 is 0 Å². The van der Waals surface area contributed by atoms with Gasteiger partial charge in [-0.25, -0.2) is 13.1 Å². The molecule has 0 aromatic carbocycles. The monoisotopic (exact) mass is 393 g/mol. The van der Waals surface area contributed by atoms with E-state index in [0.29, 0.717) is 42.6 Å². The lowest BCUT2D eigenvalue weighted by Gasteiger charge is -2.32.